The molecule has 0 nitrogen and oxygen atoms in total. The number of thiophene rings is 2. The molecule has 0 N–H and O–H groups in total. The molecule has 0 amide bonds. The van der Waals surface area contributed by atoms with Crippen LogP contribution in [0.15, 0.2) is 30.8 Å². The lowest BCUT2D eigenvalue weighted by molar-refractivity contribution is 0.604. The fraction of sp³-hybridized carbons (Fsp3) is 0.375. The Kier molecular flexibility index (Phi) is 5.90. The smallest absolute Gasteiger partial charge is 0.0449 e. The van der Waals surface area contributed by atoms with Gasteiger partial charge in [-0.25, -0.2) is 0 Å². The Hall–Kier alpha value is -0.510. The average Bonchev–Trinajstić information content (AvgIpc) is 2.99. The highest BCUT2D eigenvalue weighted by Gasteiger charge is 2.17. The number of hydrogen-bond acceptors (Lipinski definition) is 3. The lowest BCUT2D eigenvalue weighted by atomic mass is 9.95. The fourth-order valence-electron chi connectivity index (χ4n) is 1.50. The van der Waals surface area contributed by atoms with Crippen LogP contribution < -0.4 is 0 Å². The number of rotatable bonds is 2. The SMILES string of the molecule is C=C(S)c1ccc(-c2ccc(C(C)(C)C)s2)s1.CC. The van der Waals surface area contributed by atoms with Crippen LogP contribution in [0.25, 0.3) is 14.7 Å². The van der Waals surface area contributed by atoms with E-state index in [4.69, 9.17) is 0 Å². The highest BCUT2D eigenvalue weighted by Crippen LogP contribution is 2.39. The van der Waals surface area contributed by atoms with Crippen LogP contribution in [0.5, 0.6) is 0 Å². The molecule has 19 heavy (non-hydrogen) atoms. The number of hydrogen-bond donors (Lipinski definition) is 1. The van der Waals surface area contributed by atoms with Gasteiger partial charge in [0.25, 0.3) is 0 Å². The second-order valence-electron chi connectivity index (χ2n) is 5.02. The Morgan fingerprint density at radius 2 is 1.53 bits per heavy atom. The first-order valence-corrected chi connectivity index (χ1v) is 8.55. The third-order valence-electron chi connectivity index (χ3n) is 2.48. The third-order valence-corrected chi connectivity index (χ3v) is 5.72. The molecule has 2 rings (SSSR count). The zero-order valence-electron chi connectivity index (χ0n) is 12.3. The molecule has 0 bridgehead atoms. The summed E-state index contributed by atoms with van der Waals surface area (Å²) in [7, 11) is 0. The first kappa shape index (κ1) is 16.5. The molecule has 0 radical (unpaired) electrons. The first-order chi connectivity index (χ1) is 8.88. The van der Waals surface area contributed by atoms with Gasteiger partial charge in [-0.15, -0.1) is 35.3 Å². The van der Waals surface area contributed by atoms with Crippen molar-refractivity contribution in [2.75, 3.05) is 0 Å². The van der Waals surface area contributed by atoms with Gasteiger partial charge < -0.3 is 0 Å². The second kappa shape index (κ2) is 6.78. The minimum absolute atomic E-state index is 0.232. The van der Waals surface area contributed by atoms with Gasteiger partial charge in [0, 0.05) is 24.4 Å². The lowest BCUT2D eigenvalue weighted by Gasteiger charge is -2.15. The zero-order chi connectivity index (χ0) is 14.6. The summed E-state index contributed by atoms with van der Waals surface area (Å²) in [5.41, 5.74) is 0.232. The predicted octanol–water partition coefficient (Wildman–Crippen LogP) is 6.70. The average molecular weight is 311 g/mol. The van der Waals surface area contributed by atoms with E-state index in [-0.39, 0.29) is 5.41 Å². The van der Waals surface area contributed by atoms with Crippen molar-refractivity contribution in [1.29, 1.82) is 0 Å². The molecule has 0 fully saturated rings. The molecule has 0 aliphatic heterocycles. The summed E-state index contributed by atoms with van der Waals surface area (Å²) in [6.07, 6.45) is 0. The molecule has 0 spiro atoms. The normalized spacial score (nSPS) is 10.8. The topological polar surface area (TPSA) is 0 Å². The fourth-order valence-corrected chi connectivity index (χ4v) is 3.74. The molecule has 0 unspecified atom stereocenters. The van der Waals surface area contributed by atoms with Gasteiger partial charge in [-0.2, -0.15) is 0 Å². The van der Waals surface area contributed by atoms with Crippen molar-refractivity contribution in [3.05, 3.63) is 40.6 Å². The highest BCUT2D eigenvalue weighted by atomic mass is 32.1. The van der Waals surface area contributed by atoms with Crippen LogP contribution in [-0.2, 0) is 5.41 Å². The molecule has 0 aromatic carbocycles. The minimum Gasteiger partial charge on any atom is -0.143 e. The van der Waals surface area contributed by atoms with E-state index in [1.807, 2.05) is 25.2 Å². The van der Waals surface area contributed by atoms with Crippen LogP contribution in [0.1, 0.15) is 44.4 Å². The van der Waals surface area contributed by atoms with Crippen LogP contribution in [0.2, 0.25) is 0 Å². The summed E-state index contributed by atoms with van der Waals surface area (Å²) >= 11 is 7.91. The minimum atomic E-state index is 0.232. The quantitative estimate of drug-likeness (QED) is 0.586. The van der Waals surface area contributed by atoms with E-state index in [0.29, 0.717) is 0 Å². The molecule has 104 valence electrons. The van der Waals surface area contributed by atoms with Gasteiger partial charge in [0.2, 0.25) is 0 Å². The van der Waals surface area contributed by atoms with Crippen molar-refractivity contribution in [3.8, 4) is 9.75 Å². The molecule has 0 aliphatic carbocycles. The molecule has 0 saturated heterocycles. The van der Waals surface area contributed by atoms with Gasteiger partial charge in [0.05, 0.1) is 0 Å². The van der Waals surface area contributed by atoms with Crippen molar-refractivity contribution in [2.24, 2.45) is 0 Å². The summed E-state index contributed by atoms with van der Waals surface area (Å²) < 4.78 is 0. The second-order valence-corrected chi connectivity index (χ2v) is 7.73. The van der Waals surface area contributed by atoms with Gasteiger partial charge in [-0.3, -0.25) is 0 Å². The van der Waals surface area contributed by atoms with E-state index in [1.165, 1.54) is 14.6 Å². The van der Waals surface area contributed by atoms with Gasteiger partial charge in [-0.1, -0.05) is 41.2 Å². The molecule has 2 heterocycles. The van der Waals surface area contributed by atoms with Crippen LogP contribution in [0, 0.1) is 0 Å². The summed E-state index contributed by atoms with van der Waals surface area (Å²) in [5, 5.41) is 0. The molecular formula is C16H22S3. The first-order valence-electron chi connectivity index (χ1n) is 6.47. The molecule has 0 saturated carbocycles. The largest absolute Gasteiger partial charge is 0.143 e. The molecular weight excluding hydrogens is 288 g/mol. The predicted molar refractivity (Wildman–Crippen MR) is 95.7 cm³/mol. The Bertz CT molecular complexity index is 538. The lowest BCUT2D eigenvalue weighted by Crippen LogP contribution is -2.07. The standard InChI is InChI=1S/C14H16S3.C2H6/c1-9(15)10-5-6-11(16-10)12-7-8-13(17-12)14(2,3)4;1-2/h5-8,15H,1H2,2-4H3;1-2H3. The van der Waals surface area contributed by atoms with Crippen LogP contribution in [-0.4, -0.2) is 0 Å². The van der Waals surface area contributed by atoms with Gasteiger partial charge >= 0.3 is 0 Å². The summed E-state index contributed by atoms with van der Waals surface area (Å²) in [5.74, 6) is 0. The summed E-state index contributed by atoms with van der Waals surface area (Å²) in [6.45, 7) is 14.6. The van der Waals surface area contributed by atoms with E-state index in [9.17, 15) is 0 Å². The Balaban J connectivity index is 0.000000861. The highest BCUT2D eigenvalue weighted by molar-refractivity contribution is 7.90. The van der Waals surface area contributed by atoms with Gasteiger partial charge in [0.1, 0.15) is 0 Å². The molecule has 3 heteroatoms. The maximum absolute atomic E-state index is 4.28. The van der Waals surface area contributed by atoms with E-state index >= 15 is 0 Å². The number of thiol groups is 1. The summed E-state index contributed by atoms with van der Waals surface area (Å²) in [6, 6.07) is 8.68. The maximum Gasteiger partial charge on any atom is 0.0449 e. The van der Waals surface area contributed by atoms with E-state index in [1.54, 1.807) is 11.3 Å². The molecule has 0 aliphatic rings. The van der Waals surface area contributed by atoms with Crippen molar-refractivity contribution in [1.82, 2.24) is 0 Å². The van der Waals surface area contributed by atoms with Crippen LogP contribution in [0.3, 0.4) is 0 Å². The van der Waals surface area contributed by atoms with Crippen molar-refractivity contribution >= 4 is 40.2 Å². The summed E-state index contributed by atoms with van der Waals surface area (Å²) in [4.78, 5) is 6.05. The van der Waals surface area contributed by atoms with E-state index < -0.39 is 0 Å². The zero-order valence-corrected chi connectivity index (χ0v) is 14.8. The van der Waals surface area contributed by atoms with Crippen molar-refractivity contribution < 1.29 is 0 Å². The monoisotopic (exact) mass is 310 g/mol. The van der Waals surface area contributed by atoms with E-state index in [2.05, 4.69) is 64.2 Å². The Morgan fingerprint density at radius 1 is 1.00 bits per heavy atom. The van der Waals surface area contributed by atoms with Crippen molar-refractivity contribution in [2.45, 2.75) is 40.0 Å². The molecule has 0 atom stereocenters. The van der Waals surface area contributed by atoms with E-state index in [0.717, 1.165) is 9.78 Å². The maximum atomic E-state index is 4.28. The molecule has 2 aromatic rings. The third kappa shape index (κ3) is 4.23. The van der Waals surface area contributed by atoms with Gasteiger partial charge in [-0.05, 0) is 29.7 Å². The van der Waals surface area contributed by atoms with Gasteiger partial charge in [0.15, 0.2) is 0 Å². The Morgan fingerprint density at radius 3 is 1.95 bits per heavy atom. The van der Waals surface area contributed by atoms with Crippen LogP contribution in [0.4, 0.5) is 0 Å². The molecule has 2 aromatic heterocycles. The Labute approximate surface area is 130 Å². The van der Waals surface area contributed by atoms with Crippen LogP contribution >= 0.6 is 35.3 Å². The van der Waals surface area contributed by atoms with Crippen molar-refractivity contribution in [3.63, 3.8) is 0 Å².